The van der Waals surface area contributed by atoms with Gasteiger partial charge in [0.1, 0.15) is 6.04 Å². The summed E-state index contributed by atoms with van der Waals surface area (Å²) in [6.07, 6.45) is 0. The largest absolute Gasteiger partial charge is 0.340 e. The van der Waals surface area contributed by atoms with E-state index >= 15 is 0 Å². The summed E-state index contributed by atoms with van der Waals surface area (Å²) >= 11 is 3.49. The number of hydrogen-bond donors (Lipinski definition) is 1. The van der Waals surface area contributed by atoms with Gasteiger partial charge in [0.2, 0.25) is 5.91 Å². The standard InChI is InChI=1S/C17H19BrN2O/c1-12-7-9-13(10-8-12)16(19)17(21)20(2)11-14-5-3-4-6-15(14)18/h3-10,16H,11,19H2,1-2H3. The molecule has 0 aromatic heterocycles. The van der Waals surface area contributed by atoms with Crippen molar-refractivity contribution in [2.75, 3.05) is 7.05 Å². The predicted octanol–water partition coefficient (Wildman–Crippen LogP) is 3.42. The SMILES string of the molecule is Cc1ccc(C(N)C(=O)N(C)Cc2ccccc2Br)cc1. The molecule has 2 rings (SSSR count). The Balaban J connectivity index is 2.08. The van der Waals surface area contributed by atoms with Gasteiger partial charge < -0.3 is 10.6 Å². The number of hydrogen-bond acceptors (Lipinski definition) is 2. The van der Waals surface area contributed by atoms with Gasteiger partial charge in [0.05, 0.1) is 0 Å². The van der Waals surface area contributed by atoms with Crippen LogP contribution in [0.1, 0.15) is 22.7 Å². The van der Waals surface area contributed by atoms with Crippen molar-refractivity contribution in [2.45, 2.75) is 19.5 Å². The number of aryl methyl sites for hydroxylation is 1. The van der Waals surface area contributed by atoms with E-state index in [0.717, 1.165) is 21.2 Å². The van der Waals surface area contributed by atoms with E-state index in [0.29, 0.717) is 6.54 Å². The highest BCUT2D eigenvalue weighted by atomic mass is 79.9. The van der Waals surface area contributed by atoms with Crippen LogP contribution >= 0.6 is 15.9 Å². The Morgan fingerprint density at radius 3 is 2.43 bits per heavy atom. The molecule has 0 heterocycles. The number of benzene rings is 2. The second kappa shape index (κ2) is 6.87. The van der Waals surface area contributed by atoms with E-state index in [1.54, 1.807) is 11.9 Å². The van der Waals surface area contributed by atoms with Crippen LogP contribution in [0.4, 0.5) is 0 Å². The van der Waals surface area contributed by atoms with Crippen LogP contribution < -0.4 is 5.73 Å². The summed E-state index contributed by atoms with van der Waals surface area (Å²) in [5, 5.41) is 0. The van der Waals surface area contributed by atoms with Crippen LogP contribution in [0.5, 0.6) is 0 Å². The zero-order valence-electron chi connectivity index (χ0n) is 12.2. The molecule has 2 N–H and O–H groups in total. The quantitative estimate of drug-likeness (QED) is 0.921. The minimum atomic E-state index is -0.627. The van der Waals surface area contributed by atoms with Crippen molar-refractivity contribution in [3.63, 3.8) is 0 Å². The van der Waals surface area contributed by atoms with Gasteiger partial charge in [0.25, 0.3) is 0 Å². The lowest BCUT2D eigenvalue weighted by atomic mass is 10.0. The van der Waals surface area contributed by atoms with Crippen LogP contribution in [0.25, 0.3) is 0 Å². The highest BCUT2D eigenvalue weighted by molar-refractivity contribution is 9.10. The number of halogens is 1. The number of carbonyl (C=O) groups is 1. The lowest BCUT2D eigenvalue weighted by Crippen LogP contribution is -2.35. The second-order valence-corrected chi connectivity index (χ2v) is 6.03. The Bertz CT molecular complexity index is 625. The molecule has 1 atom stereocenters. The monoisotopic (exact) mass is 346 g/mol. The van der Waals surface area contributed by atoms with Gasteiger partial charge in [-0.25, -0.2) is 0 Å². The Labute approximate surface area is 133 Å². The molecule has 0 bridgehead atoms. The van der Waals surface area contributed by atoms with Gasteiger partial charge >= 0.3 is 0 Å². The molecule has 1 amide bonds. The van der Waals surface area contributed by atoms with Crippen molar-refractivity contribution < 1.29 is 4.79 Å². The van der Waals surface area contributed by atoms with E-state index < -0.39 is 6.04 Å². The molecule has 2 aromatic rings. The molecular weight excluding hydrogens is 328 g/mol. The summed E-state index contributed by atoms with van der Waals surface area (Å²) in [6, 6.07) is 15.0. The minimum absolute atomic E-state index is 0.0883. The molecule has 1 unspecified atom stereocenters. The fraction of sp³-hybridized carbons (Fsp3) is 0.235. The van der Waals surface area contributed by atoms with Crippen molar-refractivity contribution in [3.8, 4) is 0 Å². The maximum absolute atomic E-state index is 12.4. The Kier molecular flexibility index (Phi) is 5.15. The molecule has 21 heavy (non-hydrogen) atoms. The van der Waals surface area contributed by atoms with Crippen molar-refractivity contribution in [1.29, 1.82) is 0 Å². The van der Waals surface area contributed by atoms with E-state index in [4.69, 9.17) is 5.73 Å². The first kappa shape index (κ1) is 15.7. The van der Waals surface area contributed by atoms with Crippen LogP contribution in [0.15, 0.2) is 53.0 Å². The number of nitrogens with zero attached hydrogens (tertiary/aromatic N) is 1. The summed E-state index contributed by atoms with van der Waals surface area (Å²) in [6.45, 7) is 2.54. The number of rotatable bonds is 4. The third-order valence-corrected chi connectivity index (χ3v) is 4.22. The predicted molar refractivity (Wildman–Crippen MR) is 88.7 cm³/mol. The lowest BCUT2D eigenvalue weighted by Gasteiger charge is -2.22. The zero-order valence-corrected chi connectivity index (χ0v) is 13.8. The van der Waals surface area contributed by atoms with Gasteiger partial charge in [-0.15, -0.1) is 0 Å². The molecule has 0 saturated carbocycles. The molecule has 0 aliphatic carbocycles. The topological polar surface area (TPSA) is 46.3 Å². The van der Waals surface area contributed by atoms with E-state index in [2.05, 4.69) is 15.9 Å². The molecule has 3 nitrogen and oxygen atoms in total. The van der Waals surface area contributed by atoms with Crippen molar-refractivity contribution in [2.24, 2.45) is 5.73 Å². The first-order valence-electron chi connectivity index (χ1n) is 6.79. The van der Waals surface area contributed by atoms with Crippen molar-refractivity contribution in [3.05, 3.63) is 69.7 Å². The first-order valence-corrected chi connectivity index (χ1v) is 7.59. The molecule has 2 aromatic carbocycles. The Morgan fingerprint density at radius 2 is 1.81 bits per heavy atom. The maximum atomic E-state index is 12.4. The normalized spacial score (nSPS) is 12.0. The molecule has 0 aliphatic rings. The number of likely N-dealkylation sites (N-methyl/N-ethyl adjacent to an activating group) is 1. The summed E-state index contributed by atoms with van der Waals surface area (Å²) < 4.78 is 0.994. The minimum Gasteiger partial charge on any atom is -0.340 e. The van der Waals surface area contributed by atoms with Crippen LogP contribution in [0.2, 0.25) is 0 Å². The fourth-order valence-electron chi connectivity index (χ4n) is 2.11. The van der Waals surface area contributed by atoms with Gasteiger partial charge in [0.15, 0.2) is 0 Å². The van der Waals surface area contributed by atoms with Gasteiger partial charge in [-0.2, -0.15) is 0 Å². The van der Waals surface area contributed by atoms with Crippen LogP contribution in [-0.2, 0) is 11.3 Å². The average molecular weight is 347 g/mol. The second-order valence-electron chi connectivity index (χ2n) is 5.17. The summed E-state index contributed by atoms with van der Waals surface area (Å²) in [7, 11) is 1.77. The van der Waals surface area contributed by atoms with E-state index in [1.807, 2.05) is 55.5 Å². The van der Waals surface area contributed by atoms with Crippen LogP contribution in [-0.4, -0.2) is 17.9 Å². The summed E-state index contributed by atoms with van der Waals surface area (Å²) in [4.78, 5) is 14.1. The van der Waals surface area contributed by atoms with Crippen LogP contribution in [0, 0.1) is 6.92 Å². The highest BCUT2D eigenvalue weighted by Crippen LogP contribution is 2.19. The van der Waals surface area contributed by atoms with Gasteiger partial charge in [-0.05, 0) is 24.1 Å². The van der Waals surface area contributed by atoms with Crippen LogP contribution in [0.3, 0.4) is 0 Å². The van der Waals surface area contributed by atoms with E-state index in [-0.39, 0.29) is 5.91 Å². The number of amides is 1. The molecule has 4 heteroatoms. The number of carbonyl (C=O) groups excluding carboxylic acids is 1. The molecule has 0 radical (unpaired) electrons. The third kappa shape index (κ3) is 3.93. The molecule has 0 saturated heterocycles. The van der Waals surface area contributed by atoms with Gasteiger partial charge in [-0.1, -0.05) is 64.0 Å². The van der Waals surface area contributed by atoms with E-state index in [9.17, 15) is 4.79 Å². The fourth-order valence-corrected chi connectivity index (χ4v) is 2.52. The summed E-state index contributed by atoms with van der Waals surface area (Å²) in [5.74, 6) is -0.0883. The Morgan fingerprint density at radius 1 is 1.19 bits per heavy atom. The maximum Gasteiger partial charge on any atom is 0.244 e. The first-order chi connectivity index (χ1) is 9.99. The molecule has 0 aliphatic heterocycles. The van der Waals surface area contributed by atoms with Crippen molar-refractivity contribution in [1.82, 2.24) is 4.90 Å². The summed E-state index contributed by atoms with van der Waals surface area (Å²) in [5.41, 5.74) is 9.13. The molecule has 0 fully saturated rings. The number of nitrogens with two attached hydrogens (primary N) is 1. The molecule has 110 valence electrons. The third-order valence-electron chi connectivity index (χ3n) is 3.44. The van der Waals surface area contributed by atoms with Crippen molar-refractivity contribution >= 4 is 21.8 Å². The molecule has 0 spiro atoms. The zero-order chi connectivity index (χ0) is 15.4. The molecular formula is C17H19BrN2O. The average Bonchev–Trinajstić information content (AvgIpc) is 2.49. The van der Waals surface area contributed by atoms with E-state index in [1.165, 1.54) is 0 Å². The van der Waals surface area contributed by atoms with Gasteiger partial charge in [0, 0.05) is 18.1 Å². The lowest BCUT2D eigenvalue weighted by molar-refractivity contribution is -0.132. The Hall–Kier alpha value is -1.65. The smallest absolute Gasteiger partial charge is 0.244 e. The highest BCUT2D eigenvalue weighted by Gasteiger charge is 2.20. The van der Waals surface area contributed by atoms with Gasteiger partial charge in [-0.3, -0.25) is 4.79 Å².